The molecule has 2 N–H and O–H groups in total. The zero-order valence-corrected chi connectivity index (χ0v) is 21.2. The molecule has 2 rings (SSSR count). The molecule has 1 atom stereocenters. The van der Waals surface area contributed by atoms with Crippen molar-refractivity contribution in [1.29, 1.82) is 0 Å². The number of nitrogens with zero attached hydrogens (tertiary/aromatic N) is 1. The number of hydrogen-bond acceptors (Lipinski definition) is 4. The van der Waals surface area contributed by atoms with Crippen LogP contribution in [0.15, 0.2) is 59.5 Å². The number of anilines is 1. The van der Waals surface area contributed by atoms with E-state index >= 15 is 0 Å². The summed E-state index contributed by atoms with van der Waals surface area (Å²) in [6, 6.07) is 15.2. The van der Waals surface area contributed by atoms with Gasteiger partial charge in [0, 0.05) is 11.8 Å². The van der Waals surface area contributed by atoms with Gasteiger partial charge in [0.25, 0.3) is 10.0 Å². The molecular formula is C24H37ClN2O4S. The molecule has 0 bridgehead atoms. The smallest absolute Gasteiger partial charge is 0.264 e. The van der Waals surface area contributed by atoms with Gasteiger partial charge in [-0.1, -0.05) is 45.9 Å². The van der Waals surface area contributed by atoms with Crippen LogP contribution in [-0.2, 0) is 10.0 Å². The van der Waals surface area contributed by atoms with E-state index in [1.165, 1.54) is 9.21 Å². The van der Waals surface area contributed by atoms with Gasteiger partial charge in [0.15, 0.2) is 0 Å². The highest BCUT2D eigenvalue weighted by Gasteiger charge is 2.29. The van der Waals surface area contributed by atoms with Crippen molar-refractivity contribution in [3.05, 3.63) is 54.6 Å². The molecular weight excluding hydrogens is 448 g/mol. The molecule has 0 amide bonds. The lowest BCUT2D eigenvalue weighted by atomic mass is 10.1. The van der Waals surface area contributed by atoms with Crippen LogP contribution >= 0.6 is 0 Å². The normalized spacial score (nSPS) is 12.7. The maximum absolute atomic E-state index is 13.4. The van der Waals surface area contributed by atoms with Crippen LogP contribution in [0.25, 0.3) is 0 Å². The Balaban J connectivity index is 0.00000512. The number of sulfonamides is 1. The van der Waals surface area contributed by atoms with E-state index < -0.39 is 16.1 Å². The highest BCUT2D eigenvalue weighted by Crippen LogP contribution is 2.26. The predicted octanol–water partition coefficient (Wildman–Crippen LogP) is -0.548. The summed E-state index contributed by atoms with van der Waals surface area (Å²) < 4.78 is 33.4. The molecule has 6 nitrogen and oxygen atoms in total. The molecule has 0 fully saturated rings. The molecule has 2 aromatic rings. The number of aliphatic hydroxyl groups is 1. The summed E-state index contributed by atoms with van der Waals surface area (Å²) in [7, 11) is -2.26. The lowest BCUT2D eigenvalue weighted by Crippen LogP contribution is -3.14. The third kappa shape index (κ3) is 8.28. The molecule has 0 saturated carbocycles. The van der Waals surface area contributed by atoms with E-state index in [0.717, 1.165) is 13.1 Å². The Labute approximate surface area is 199 Å². The summed E-state index contributed by atoms with van der Waals surface area (Å²) in [6.07, 6.45) is -0.798. The molecule has 0 saturated heterocycles. The third-order valence-corrected chi connectivity index (χ3v) is 6.79. The summed E-state index contributed by atoms with van der Waals surface area (Å²) >= 11 is 0. The molecule has 0 aromatic heterocycles. The zero-order valence-electron chi connectivity index (χ0n) is 19.7. The maximum atomic E-state index is 13.4. The molecule has 2 aromatic carbocycles. The van der Waals surface area contributed by atoms with Crippen LogP contribution in [-0.4, -0.2) is 52.9 Å². The van der Waals surface area contributed by atoms with E-state index in [1.54, 1.807) is 61.7 Å². The molecule has 0 aliphatic heterocycles. The number of halogens is 1. The van der Waals surface area contributed by atoms with Crippen molar-refractivity contribution in [3.8, 4) is 5.75 Å². The largest absolute Gasteiger partial charge is 1.00 e. The Morgan fingerprint density at radius 2 is 1.44 bits per heavy atom. The quantitative estimate of drug-likeness (QED) is 0.424. The van der Waals surface area contributed by atoms with E-state index in [-0.39, 0.29) is 23.8 Å². The number of ether oxygens (including phenoxy) is 1. The minimum Gasteiger partial charge on any atom is -1.00 e. The van der Waals surface area contributed by atoms with Crippen molar-refractivity contribution in [2.45, 2.75) is 38.7 Å². The van der Waals surface area contributed by atoms with Gasteiger partial charge in [-0.3, -0.25) is 4.31 Å². The Morgan fingerprint density at radius 1 is 0.906 bits per heavy atom. The van der Waals surface area contributed by atoms with E-state index in [1.807, 2.05) is 0 Å². The first-order chi connectivity index (χ1) is 14.6. The fourth-order valence-corrected chi connectivity index (χ4v) is 5.33. The van der Waals surface area contributed by atoms with Gasteiger partial charge in [-0.2, -0.15) is 0 Å². The lowest BCUT2D eigenvalue weighted by molar-refractivity contribution is -0.909. The minimum absolute atomic E-state index is 0. The second-order valence-electron chi connectivity index (χ2n) is 8.85. The Morgan fingerprint density at radius 3 is 1.91 bits per heavy atom. The molecule has 0 radical (unpaired) electrons. The fourth-order valence-electron chi connectivity index (χ4n) is 3.80. The molecule has 0 aliphatic carbocycles. The Hall–Kier alpha value is -1.80. The molecule has 0 heterocycles. The number of rotatable bonds is 12. The van der Waals surface area contributed by atoms with E-state index in [4.69, 9.17) is 4.74 Å². The van der Waals surface area contributed by atoms with E-state index in [2.05, 4.69) is 27.7 Å². The first kappa shape index (κ1) is 28.2. The third-order valence-electron chi connectivity index (χ3n) is 4.99. The molecule has 0 aliphatic rings. The van der Waals surface area contributed by atoms with Gasteiger partial charge < -0.3 is 27.2 Å². The fraction of sp³-hybridized carbons (Fsp3) is 0.500. The summed E-state index contributed by atoms with van der Waals surface area (Å²) in [4.78, 5) is 1.48. The van der Waals surface area contributed by atoms with Crippen LogP contribution in [0.1, 0.15) is 27.7 Å². The number of aliphatic hydroxyl groups excluding tert-OH is 1. The van der Waals surface area contributed by atoms with E-state index in [9.17, 15) is 13.5 Å². The first-order valence-corrected chi connectivity index (χ1v) is 12.3. The van der Waals surface area contributed by atoms with Crippen LogP contribution < -0.4 is 26.3 Å². The van der Waals surface area contributed by atoms with Crippen LogP contribution in [0.3, 0.4) is 0 Å². The van der Waals surface area contributed by atoms with Gasteiger partial charge >= 0.3 is 0 Å². The van der Waals surface area contributed by atoms with Crippen molar-refractivity contribution in [2.24, 2.45) is 11.8 Å². The van der Waals surface area contributed by atoms with Gasteiger partial charge in [0.1, 0.15) is 18.4 Å². The predicted molar refractivity (Wildman–Crippen MR) is 125 cm³/mol. The topological polar surface area (TPSA) is 71.3 Å². The molecule has 0 spiro atoms. The average molecular weight is 485 g/mol. The molecule has 8 heteroatoms. The van der Waals surface area contributed by atoms with Gasteiger partial charge in [-0.15, -0.1) is 0 Å². The number of nitrogens with one attached hydrogen (secondary N) is 1. The highest BCUT2D eigenvalue weighted by molar-refractivity contribution is 7.92. The van der Waals surface area contributed by atoms with Gasteiger partial charge in [0.05, 0.1) is 37.3 Å². The zero-order chi connectivity index (χ0) is 23.0. The van der Waals surface area contributed by atoms with Crippen LogP contribution in [0.4, 0.5) is 5.69 Å². The average Bonchev–Trinajstić information content (AvgIpc) is 2.71. The first-order valence-electron chi connectivity index (χ1n) is 10.9. The molecule has 1 unspecified atom stereocenters. The van der Waals surface area contributed by atoms with E-state index in [0.29, 0.717) is 29.8 Å². The standard InChI is InChI=1S/C24H36N2O4S.ClH/c1-19(2)15-25(16-20(3)4)17-22(27)18-26(21-11-13-23(30-5)14-12-21)31(28,29)24-9-7-6-8-10-24;/h6-14,19-20,22,27H,15-18H2,1-5H3;1H. The maximum Gasteiger partial charge on any atom is 0.264 e. The SMILES string of the molecule is COc1ccc(N(CC(O)C[NH+](CC(C)C)CC(C)C)S(=O)(=O)c2ccccc2)cc1.[Cl-]. The van der Waals surface area contributed by atoms with Crippen molar-refractivity contribution >= 4 is 15.7 Å². The second kappa shape index (κ2) is 13.0. The summed E-state index contributed by atoms with van der Waals surface area (Å²) in [5, 5.41) is 10.9. The highest BCUT2D eigenvalue weighted by atomic mass is 35.5. The van der Waals surface area contributed by atoms with Gasteiger partial charge in [-0.05, 0) is 36.4 Å². The van der Waals surface area contributed by atoms with Crippen LogP contribution in [0.2, 0.25) is 0 Å². The summed E-state index contributed by atoms with van der Waals surface area (Å²) in [6.45, 7) is 11.0. The number of benzene rings is 2. The van der Waals surface area contributed by atoms with Crippen molar-refractivity contribution in [2.75, 3.05) is 37.6 Å². The van der Waals surface area contributed by atoms with Crippen LogP contribution in [0, 0.1) is 11.8 Å². The van der Waals surface area contributed by atoms with Gasteiger partial charge in [-0.25, -0.2) is 8.42 Å². The molecule has 180 valence electrons. The number of quaternary nitrogens is 1. The van der Waals surface area contributed by atoms with Crippen molar-refractivity contribution < 1.29 is 35.6 Å². The van der Waals surface area contributed by atoms with Crippen LogP contribution in [0.5, 0.6) is 5.75 Å². The second-order valence-corrected chi connectivity index (χ2v) is 10.7. The Bertz CT molecular complexity index is 880. The Kier molecular flexibility index (Phi) is 11.5. The monoisotopic (exact) mass is 484 g/mol. The van der Waals surface area contributed by atoms with Crippen molar-refractivity contribution in [3.63, 3.8) is 0 Å². The summed E-state index contributed by atoms with van der Waals surface area (Å²) in [5.41, 5.74) is 0.498. The summed E-state index contributed by atoms with van der Waals surface area (Å²) in [5.74, 6) is 1.63. The number of hydrogen-bond donors (Lipinski definition) is 2. The lowest BCUT2D eigenvalue weighted by Gasteiger charge is -2.30. The van der Waals surface area contributed by atoms with Crippen molar-refractivity contribution in [1.82, 2.24) is 0 Å². The number of methoxy groups -OCH3 is 1. The molecule has 32 heavy (non-hydrogen) atoms. The minimum atomic E-state index is -3.83. The van der Waals surface area contributed by atoms with Gasteiger partial charge in [0.2, 0.25) is 0 Å².